The highest BCUT2D eigenvalue weighted by atomic mass is 16.6. The van der Waals surface area contributed by atoms with Crippen molar-refractivity contribution in [2.24, 2.45) is 0 Å². The number of nitrogens with zero attached hydrogens (tertiary/aromatic N) is 5. The molecule has 3 aliphatic heterocycles. The Bertz CT molecular complexity index is 1020. The maximum absolute atomic E-state index is 12.9. The molecule has 0 spiro atoms. The zero-order valence-electron chi connectivity index (χ0n) is 24.4. The van der Waals surface area contributed by atoms with Crippen molar-refractivity contribution in [1.29, 1.82) is 0 Å². The number of likely N-dealkylation sites (tertiary alicyclic amines) is 1. The number of hydrogen-bond donors (Lipinski definition) is 0. The molecule has 10 heteroatoms. The summed E-state index contributed by atoms with van der Waals surface area (Å²) in [6.45, 7) is 17.5. The SMILES string of the molecule is CC(C)(C)OC(=O)CN1CCN(c2ccc(N3CCN(C4CCN(C(=O)OC(C)(C)C)CC4)CC3)cc2)C1=O. The summed E-state index contributed by atoms with van der Waals surface area (Å²) in [5.74, 6) is -0.388. The van der Waals surface area contributed by atoms with E-state index in [9.17, 15) is 14.4 Å². The van der Waals surface area contributed by atoms with Crippen molar-refractivity contribution in [2.75, 3.05) is 68.7 Å². The molecule has 3 amide bonds. The Hall–Kier alpha value is -3.01. The fourth-order valence-corrected chi connectivity index (χ4v) is 5.43. The molecule has 0 radical (unpaired) electrons. The Balaban J connectivity index is 1.23. The summed E-state index contributed by atoms with van der Waals surface area (Å²) in [6, 6.07) is 8.46. The summed E-state index contributed by atoms with van der Waals surface area (Å²) < 4.78 is 10.9. The maximum atomic E-state index is 12.9. The van der Waals surface area contributed by atoms with Gasteiger partial charge >= 0.3 is 18.1 Å². The molecule has 3 fully saturated rings. The first-order valence-electron chi connectivity index (χ1n) is 14.1. The van der Waals surface area contributed by atoms with Crippen LogP contribution in [0.5, 0.6) is 0 Å². The maximum Gasteiger partial charge on any atom is 0.410 e. The minimum Gasteiger partial charge on any atom is -0.459 e. The van der Waals surface area contributed by atoms with Crippen molar-refractivity contribution in [3.8, 4) is 0 Å². The van der Waals surface area contributed by atoms with E-state index in [-0.39, 0.29) is 24.6 Å². The van der Waals surface area contributed by atoms with Crippen molar-refractivity contribution in [3.63, 3.8) is 0 Å². The molecule has 216 valence electrons. The monoisotopic (exact) mass is 543 g/mol. The predicted octanol–water partition coefficient (Wildman–Crippen LogP) is 3.79. The summed E-state index contributed by atoms with van der Waals surface area (Å²) in [6.07, 6.45) is 1.74. The van der Waals surface area contributed by atoms with Crippen LogP contribution >= 0.6 is 0 Å². The van der Waals surface area contributed by atoms with Crippen molar-refractivity contribution >= 4 is 29.5 Å². The molecule has 0 aliphatic carbocycles. The van der Waals surface area contributed by atoms with Gasteiger partial charge in [-0.15, -0.1) is 0 Å². The largest absolute Gasteiger partial charge is 0.459 e. The topological polar surface area (TPSA) is 85.9 Å². The van der Waals surface area contributed by atoms with Crippen molar-refractivity contribution in [1.82, 2.24) is 14.7 Å². The molecule has 1 aromatic carbocycles. The average molecular weight is 544 g/mol. The van der Waals surface area contributed by atoms with E-state index >= 15 is 0 Å². The number of esters is 1. The lowest BCUT2D eigenvalue weighted by atomic mass is 10.0. The molecule has 0 saturated carbocycles. The quantitative estimate of drug-likeness (QED) is 0.523. The van der Waals surface area contributed by atoms with E-state index in [1.54, 1.807) is 9.80 Å². The predicted molar refractivity (Wildman–Crippen MR) is 151 cm³/mol. The van der Waals surface area contributed by atoms with E-state index in [0.29, 0.717) is 19.1 Å². The van der Waals surface area contributed by atoms with Gasteiger partial charge in [-0.05, 0) is 78.6 Å². The molecule has 3 saturated heterocycles. The van der Waals surface area contributed by atoms with E-state index in [1.807, 2.05) is 58.6 Å². The minimum absolute atomic E-state index is 0.0327. The van der Waals surface area contributed by atoms with Crippen LogP contribution in [0.2, 0.25) is 0 Å². The number of piperazine rings is 1. The lowest BCUT2D eigenvalue weighted by molar-refractivity contribution is -0.155. The van der Waals surface area contributed by atoms with Gasteiger partial charge in [0.2, 0.25) is 0 Å². The number of ether oxygens (including phenoxy) is 2. The van der Waals surface area contributed by atoms with Gasteiger partial charge in [-0.25, -0.2) is 9.59 Å². The van der Waals surface area contributed by atoms with Crippen LogP contribution < -0.4 is 9.80 Å². The van der Waals surface area contributed by atoms with Crippen LogP contribution in [0.4, 0.5) is 21.0 Å². The number of rotatable bonds is 5. The van der Waals surface area contributed by atoms with Crippen LogP contribution in [0, 0.1) is 0 Å². The summed E-state index contributed by atoms with van der Waals surface area (Å²) in [5, 5.41) is 0. The van der Waals surface area contributed by atoms with Gasteiger partial charge in [-0.2, -0.15) is 0 Å². The number of benzene rings is 1. The number of carbonyl (C=O) groups excluding carboxylic acids is 3. The molecule has 0 N–H and O–H groups in total. The molecular formula is C29H45N5O5. The van der Waals surface area contributed by atoms with E-state index in [4.69, 9.17) is 9.47 Å². The highest BCUT2D eigenvalue weighted by molar-refractivity contribution is 5.96. The van der Waals surface area contributed by atoms with E-state index < -0.39 is 11.2 Å². The van der Waals surface area contributed by atoms with Crippen LogP contribution in [-0.4, -0.2) is 109 Å². The molecule has 3 heterocycles. The van der Waals surface area contributed by atoms with Gasteiger partial charge in [0.25, 0.3) is 0 Å². The van der Waals surface area contributed by atoms with Gasteiger partial charge in [0.1, 0.15) is 17.7 Å². The second kappa shape index (κ2) is 11.6. The van der Waals surface area contributed by atoms with E-state index in [2.05, 4.69) is 21.9 Å². The van der Waals surface area contributed by atoms with Gasteiger partial charge in [-0.3, -0.25) is 14.6 Å². The Morgan fingerprint density at radius 1 is 0.769 bits per heavy atom. The lowest BCUT2D eigenvalue weighted by Crippen LogP contribution is -2.54. The summed E-state index contributed by atoms with van der Waals surface area (Å²) in [4.78, 5) is 47.5. The fraction of sp³-hybridized carbons (Fsp3) is 0.690. The van der Waals surface area contributed by atoms with Gasteiger partial charge in [0.05, 0.1) is 0 Å². The molecule has 3 aliphatic rings. The molecule has 4 rings (SSSR count). The van der Waals surface area contributed by atoms with Crippen LogP contribution in [0.15, 0.2) is 24.3 Å². The fourth-order valence-electron chi connectivity index (χ4n) is 5.43. The van der Waals surface area contributed by atoms with Crippen molar-refractivity contribution in [2.45, 2.75) is 71.6 Å². The lowest BCUT2D eigenvalue weighted by Gasteiger charge is -2.43. The van der Waals surface area contributed by atoms with E-state index in [0.717, 1.165) is 63.5 Å². The molecule has 0 atom stereocenters. The van der Waals surface area contributed by atoms with Crippen LogP contribution in [0.25, 0.3) is 0 Å². The number of anilines is 2. The Labute approximate surface area is 232 Å². The first-order chi connectivity index (χ1) is 18.3. The number of amides is 3. The van der Waals surface area contributed by atoms with Gasteiger partial charge in [0, 0.05) is 69.8 Å². The number of urea groups is 1. The van der Waals surface area contributed by atoms with Crippen molar-refractivity contribution < 1.29 is 23.9 Å². The molecule has 0 aromatic heterocycles. The Morgan fingerprint density at radius 3 is 1.90 bits per heavy atom. The van der Waals surface area contributed by atoms with Crippen LogP contribution in [0.3, 0.4) is 0 Å². The third-order valence-electron chi connectivity index (χ3n) is 7.31. The minimum atomic E-state index is -0.569. The Morgan fingerprint density at radius 2 is 1.33 bits per heavy atom. The second-order valence-corrected chi connectivity index (χ2v) is 12.7. The normalized spacial score (nSPS) is 20.0. The molecule has 0 unspecified atom stereocenters. The average Bonchev–Trinajstić information content (AvgIpc) is 3.22. The number of carbonyl (C=O) groups is 3. The van der Waals surface area contributed by atoms with E-state index in [1.165, 1.54) is 0 Å². The summed E-state index contributed by atoms with van der Waals surface area (Å²) in [5.41, 5.74) is 0.954. The van der Waals surface area contributed by atoms with Gasteiger partial charge in [0.15, 0.2) is 0 Å². The molecule has 0 bridgehead atoms. The smallest absolute Gasteiger partial charge is 0.410 e. The number of piperidine rings is 1. The van der Waals surface area contributed by atoms with Gasteiger partial charge < -0.3 is 24.2 Å². The molecule has 1 aromatic rings. The van der Waals surface area contributed by atoms with Gasteiger partial charge in [-0.1, -0.05) is 0 Å². The third kappa shape index (κ3) is 7.77. The highest BCUT2D eigenvalue weighted by Crippen LogP contribution is 2.26. The summed E-state index contributed by atoms with van der Waals surface area (Å²) in [7, 11) is 0. The summed E-state index contributed by atoms with van der Waals surface area (Å²) >= 11 is 0. The second-order valence-electron chi connectivity index (χ2n) is 12.7. The first kappa shape index (κ1) is 29.0. The third-order valence-corrected chi connectivity index (χ3v) is 7.31. The molecule has 10 nitrogen and oxygen atoms in total. The molecule has 39 heavy (non-hydrogen) atoms. The zero-order chi connectivity index (χ0) is 28.4. The van der Waals surface area contributed by atoms with Crippen molar-refractivity contribution in [3.05, 3.63) is 24.3 Å². The van der Waals surface area contributed by atoms with Crippen LogP contribution in [-0.2, 0) is 14.3 Å². The van der Waals surface area contributed by atoms with Crippen LogP contribution in [0.1, 0.15) is 54.4 Å². The zero-order valence-corrected chi connectivity index (χ0v) is 24.4. The standard InChI is InChI=1S/C29H45N5O5/c1-28(2,3)38-25(35)21-33-19-20-34(26(33)36)24-9-7-22(8-10-24)30-15-17-31(18-16-30)23-11-13-32(14-12-23)27(37)39-29(4,5)6/h7-10,23H,11-21H2,1-6H3. The highest BCUT2D eigenvalue weighted by Gasteiger charge is 2.33. The first-order valence-corrected chi connectivity index (χ1v) is 14.1. The Kier molecular flexibility index (Phi) is 8.63. The number of hydrogen-bond acceptors (Lipinski definition) is 7. The molecular weight excluding hydrogens is 498 g/mol.